The highest BCUT2D eigenvalue weighted by molar-refractivity contribution is 9.10. The van der Waals surface area contributed by atoms with Crippen LogP contribution in [0.3, 0.4) is 0 Å². The van der Waals surface area contributed by atoms with Gasteiger partial charge in [0.05, 0.1) is 5.75 Å². The highest BCUT2D eigenvalue weighted by Crippen LogP contribution is 2.18. The number of halogens is 2. The van der Waals surface area contributed by atoms with Crippen LogP contribution in [0.5, 0.6) is 0 Å². The number of carbonyl (C=O) groups excluding carboxylic acids is 1. The maximum absolute atomic E-state index is 11.8. The second-order valence-electron chi connectivity index (χ2n) is 4.18. The van der Waals surface area contributed by atoms with Crippen molar-refractivity contribution in [1.82, 2.24) is 0 Å². The largest absolute Gasteiger partial charge is 0.325 e. The smallest absolute Gasteiger partial charge is 0.234 e. The molecule has 0 bridgehead atoms. The van der Waals surface area contributed by atoms with Crippen molar-refractivity contribution in [2.75, 3.05) is 11.1 Å². The molecule has 0 aliphatic rings. The van der Waals surface area contributed by atoms with Crippen LogP contribution in [0.15, 0.2) is 57.5 Å². The fraction of sp³-hybridized carbons (Fsp3) is 0.133. The average molecular weight is 415 g/mol. The summed E-state index contributed by atoms with van der Waals surface area (Å²) in [5.41, 5.74) is 2.02. The van der Waals surface area contributed by atoms with Crippen molar-refractivity contribution in [2.24, 2.45) is 0 Å². The number of hydrogen-bond acceptors (Lipinski definition) is 2. The highest BCUT2D eigenvalue weighted by atomic mass is 79.9. The Balaban J connectivity index is 1.78. The monoisotopic (exact) mass is 413 g/mol. The Morgan fingerprint density at radius 2 is 1.75 bits per heavy atom. The van der Waals surface area contributed by atoms with Gasteiger partial charge in [0.15, 0.2) is 0 Å². The van der Waals surface area contributed by atoms with Crippen molar-refractivity contribution in [3.05, 3.63) is 63.0 Å². The van der Waals surface area contributed by atoms with Crippen LogP contribution in [-0.4, -0.2) is 11.7 Å². The molecule has 0 atom stereocenters. The fourth-order valence-electron chi connectivity index (χ4n) is 1.65. The maximum atomic E-state index is 11.8. The molecule has 1 N–H and O–H groups in total. The van der Waals surface area contributed by atoms with Gasteiger partial charge in [-0.25, -0.2) is 0 Å². The molecule has 104 valence electrons. The second-order valence-corrected chi connectivity index (χ2v) is 7.00. The van der Waals surface area contributed by atoms with E-state index in [0.29, 0.717) is 5.75 Å². The van der Waals surface area contributed by atoms with Gasteiger partial charge < -0.3 is 5.32 Å². The summed E-state index contributed by atoms with van der Waals surface area (Å²) in [5, 5.41) is 2.88. The minimum absolute atomic E-state index is 0.0168. The van der Waals surface area contributed by atoms with Crippen LogP contribution >= 0.6 is 43.6 Å². The van der Waals surface area contributed by atoms with E-state index in [9.17, 15) is 4.79 Å². The van der Waals surface area contributed by atoms with Crippen molar-refractivity contribution in [1.29, 1.82) is 0 Å². The average Bonchev–Trinajstić information content (AvgIpc) is 2.38. The van der Waals surface area contributed by atoms with Crippen LogP contribution in [-0.2, 0) is 10.5 Å². The van der Waals surface area contributed by atoms with E-state index in [1.165, 1.54) is 5.56 Å². The molecule has 20 heavy (non-hydrogen) atoms. The molecule has 5 heteroatoms. The lowest BCUT2D eigenvalue weighted by molar-refractivity contribution is -0.113. The molecular formula is C15H13Br2NOS. The molecule has 0 aliphatic heterocycles. The predicted octanol–water partition coefficient (Wildman–Crippen LogP) is 5.08. The molecule has 1 amide bonds. The van der Waals surface area contributed by atoms with E-state index >= 15 is 0 Å². The van der Waals surface area contributed by atoms with E-state index in [-0.39, 0.29) is 5.91 Å². The van der Waals surface area contributed by atoms with Crippen molar-refractivity contribution >= 4 is 55.2 Å². The third-order valence-electron chi connectivity index (χ3n) is 2.50. The lowest BCUT2D eigenvalue weighted by Crippen LogP contribution is -2.14. The number of amides is 1. The second kappa shape index (κ2) is 7.86. The Bertz CT molecular complexity index is 604. The van der Waals surface area contributed by atoms with Gasteiger partial charge in [0.2, 0.25) is 5.91 Å². The Morgan fingerprint density at radius 3 is 2.45 bits per heavy atom. The van der Waals surface area contributed by atoms with Crippen molar-refractivity contribution in [2.45, 2.75) is 5.75 Å². The Kier molecular flexibility index (Phi) is 6.13. The summed E-state index contributed by atoms with van der Waals surface area (Å²) in [5.74, 6) is 1.28. The SMILES string of the molecule is O=C(CSCc1cccc(Br)c1)Nc1cccc(Br)c1. The maximum Gasteiger partial charge on any atom is 0.234 e. The summed E-state index contributed by atoms with van der Waals surface area (Å²) in [6.07, 6.45) is 0. The molecule has 0 aromatic heterocycles. The van der Waals surface area contributed by atoms with Crippen LogP contribution in [0.1, 0.15) is 5.56 Å². The Labute approximate surface area is 139 Å². The van der Waals surface area contributed by atoms with Crippen molar-refractivity contribution < 1.29 is 4.79 Å². The first kappa shape index (κ1) is 15.6. The number of anilines is 1. The van der Waals surface area contributed by atoms with Gasteiger partial charge in [-0.15, -0.1) is 11.8 Å². The third-order valence-corrected chi connectivity index (χ3v) is 4.49. The summed E-state index contributed by atoms with van der Waals surface area (Å²) in [6, 6.07) is 15.7. The van der Waals surface area contributed by atoms with E-state index in [4.69, 9.17) is 0 Å². The molecule has 2 rings (SSSR count). The normalized spacial score (nSPS) is 10.3. The van der Waals surface area contributed by atoms with Crippen LogP contribution in [0.2, 0.25) is 0 Å². The molecule has 0 heterocycles. The molecule has 0 aliphatic carbocycles. The molecule has 2 aromatic rings. The van der Waals surface area contributed by atoms with E-state index in [1.54, 1.807) is 11.8 Å². The van der Waals surface area contributed by atoms with Gasteiger partial charge >= 0.3 is 0 Å². The van der Waals surface area contributed by atoms with Gasteiger partial charge in [-0.1, -0.05) is 50.1 Å². The van der Waals surface area contributed by atoms with Crippen LogP contribution < -0.4 is 5.32 Å². The molecule has 0 saturated heterocycles. The lowest BCUT2D eigenvalue weighted by Gasteiger charge is -2.06. The first-order chi connectivity index (χ1) is 9.63. The molecule has 0 radical (unpaired) electrons. The van der Waals surface area contributed by atoms with E-state index < -0.39 is 0 Å². The molecule has 0 unspecified atom stereocenters. The predicted molar refractivity (Wildman–Crippen MR) is 93.1 cm³/mol. The van der Waals surface area contributed by atoms with Crippen molar-refractivity contribution in [3.63, 3.8) is 0 Å². The Hall–Kier alpha value is -0.780. The van der Waals surface area contributed by atoms with Gasteiger partial charge in [-0.05, 0) is 35.9 Å². The van der Waals surface area contributed by atoms with Gasteiger partial charge in [0.1, 0.15) is 0 Å². The number of benzene rings is 2. The van der Waals surface area contributed by atoms with Gasteiger partial charge in [-0.2, -0.15) is 0 Å². The lowest BCUT2D eigenvalue weighted by atomic mass is 10.2. The number of carbonyl (C=O) groups is 1. The standard InChI is InChI=1S/C15H13Br2NOS/c16-12-4-1-3-11(7-12)9-20-10-15(19)18-14-6-2-5-13(17)8-14/h1-8H,9-10H2,(H,18,19). The minimum Gasteiger partial charge on any atom is -0.325 e. The van der Waals surface area contributed by atoms with Crippen LogP contribution in [0.4, 0.5) is 5.69 Å². The fourth-order valence-corrected chi connectivity index (χ4v) is 3.27. The van der Waals surface area contributed by atoms with E-state index in [0.717, 1.165) is 20.4 Å². The molecule has 0 saturated carbocycles. The summed E-state index contributed by atoms with van der Waals surface area (Å²) in [6.45, 7) is 0. The number of nitrogens with one attached hydrogen (secondary N) is 1. The number of hydrogen-bond donors (Lipinski definition) is 1. The summed E-state index contributed by atoms with van der Waals surface area (Å²) >= 11 is 8.42. The Morgan fingerprint density at radius 1 is 1.05 bits per heavy atom. The van der Waals surface area contributed by atoms with Gasteiger partial charge in [0.25, 0.3) is 0 Å². The van der Waals surface area contributed by atoms with Crippen LogP contribution in [0.25, 0.3) is 0 Å². The quantitative estimate of drug-likeness (QED) is 0.738. The first-order valence-corrected chi connectivity index (χ1v) is 8.75. The number of thioether (sulfide) groups is 1. The summed E-state index contributed by atoms with van der Waals surface area (Å²) < 4.78 is 2.02. The highest BCUT2D eigenvalue weighted by Gasteiger charge is 2.03. The van der Waals surface area contributed by atoms with Gasteiger partial charge in [0, 0.05) is 20.4 Å². The molecular weight excluding hydrogens is 402 g/mol. The summed E-state index contributed by atoms with van der Waals surface area (Å²) in [4.78, 5) is 11.8. The zero-order valence-corrected chi connectivity index (χ0v) is 14.6. The zero-order valence-electron chi connectivity index (χ0n) is 10.6. The molecule has 2 nitrogen and oxygen atoms in total. The molecule has 0 spiro atoms. The van der Waals surface area contributed by atoms with E-state index in [2.05, 4.69) is 49.3 Å². The van der Waals surface area contributed by atoms with Crippen LogP contribution in [0, 0.1) is 0 Å². The third kappa shape index (κ3) is 5.31. The van der Waals surface area contributed by atoms with Crippen molar-refractivity contribution in [3.8, 4) is 0 Å². The van der Waals surface area contributed by atoms with Gasteiger partial charge in [-0.3, -0.25) is 4.79 Å². The number of rotatable bonds is 5. The topological polar surface area (TPSA) is 29.1 Å². The molecule has 0 fully saturated rings. The van der Waals surface area contributed by atoms with E-state index in [1.807, 2.05) is 36.4 Å². The molecule has 2 aromatic carbocycles. The zero-order chi connectivity index (χ0) is 14.4. The minimum atomic E-state index is 0.0168. The summed E-state index contributed by atoms with van der Waals surface area (Å²) in [7, 11) is 0. The first-order valence-electron chi connectivity index (χ1n) is 6.01.